The fourth-order valence-corrected chi connectivity index (χ4v) is 4.42. The fraction of sp³-hybridized carbons (Fsp3) is 0.480. The minimum Gasteiger partial charge on any atom is -0.494 e. The molecule has 28 heavy (non-hydrogen) atoms. The van der Waals surface area contributed by atoms with E-state index in [2.05, 4.69) is 53.7 Å². The monoisotopic (exact) mass is 398 g/mol. The highest BCUT2D eigenvalue weighted by atomic mass is 31.1. The van der Waals surface area contributed by atoms with Gasteiger partial charge in [0.2, 0.25) is 0 Å². The molecule has 0 aromatic heterocycles. The van der Waals surface area contributed by atoms with Crippen LogP contribution in [-0.4, -0.2) is 12.1 Å². The largest absolute Gasteiger partial charge is 0.494 e. The summed E-state index contributed by atoms with van der Waals surface area (Å²) >= 11 is 0. The molecule has 0 spiro atoms. The zero-order valence-electron chi connectivity index (χ0n) is 18.3. The number of carbonyl (C=O) groups excluding carboxylic acids is 1. The predicted molar refractivity (Wildman–Crippen MR) is 123 cm³/mol. The molecule has 0 N–H and O–H groups in total. The number of hydrogen-bond acceptors (Lipinski definition) is 2. The van der Waals surface area contributed by atoms with E-state index in [0.717, 1.165) is 40.8 Å². The molecule has 2 nitrogen and oxygen atoms in total. The van der Waals surface area contributed by atoms with Gasteiger partial charge in [-0.1, -0.05) is 71.2 Å². The molecule has 2 rings (SSSR count). The van der Waals surface area contributed by atoms with E-state index in [-0.39, 0.29) is 19.5 Å². The Hall–Kier alpha value is -1.66. The van der Waals surface area contributed by atoms with Gasteiger partial charge in [-0.2, -0.15) is 0 Å². The van der Waals surface area contributed by atoms with E-state index in [9.17, 15) is 4.79 Å². The lowest BCUT2D eigenvalue weighted by Gasteiger charge is -2.22. The number of carbonyl (C=O) groups is 1. The Labute approximate surface area is 172 Å². The molecule has 0 saturated heterocycles. The van der Waals surface area contributed by atoms with Gasteiger partial charge in [-0.3, -0.25) is 4.79 Å². The van der Waals surface area contributed by atoms with Gasteiger partial charge in [0.1, 0.15) is 5.75 Å². The Kier molecular flexibility index (Phi) is 8.25. The maximum Gasteiger partial charge on any atom is 0.186 e. The molecule has 0 bridgehead atoms. The summed E-state index contributed by atoms with van der Waals surface area (Å²) in [6, 6.07) is 12.3. The van der Waals surface area contributed by atoms with Gasteiger partial charge in [0, 0.05) is 5.56 Å². The topological polar surface area (TPSA) is 26.3 Å². The lowest BCUT2D eigenvalue weighted by Crippen LogP contribution is -2.13. The number of ether oxygens (including phenoxy) is 1. The quantitative estimate of drug-likeness (QED) is 0.347. The molecule has 0 heterocycles. The van der Waals surface area contributed by atoms with E-state index in [1.54, 1.807) is 0 Å². The van der Waals surface area contributed by atoms with Crippen LogP contribution in [0.4, 0.5) is 0 Å². The van der Waals surface area contributed by atoms with Gasteiger partial charge in [-0.05, 0) is 68.4 Å². The van der Waals surface area contributed by atoms with Crippen molar-refractivity contribution in [2.24, 2.45) is 0 Å². The summed E-state index contributed by atoms with van der Waals surface area (Å²) in [7, 11) is 0.136. The average molecular weight is 399 g/mol. The number of benzene rings is 2. The zero-order valence-corrected chi connectivity index (χ0v) is 19.3. The summed E-state index contributed by atoms with van der Waals surface area (Å²) in [5.74, 6) is 0.888. The van der Waals surface area contributed by atoms with Gasteiger partial charge < -0.3 is 4.74 Å². The highest BCUT2D eigenvalue weighted by molar-refractivity contribution is 7.66. The van der Waals surface area contributed by atoms with E-state index in [0.29, 0.717) is 0 Å². The Balaban J connectivity index is 2.01. The van der Waals surface area contributed by atoms with Crippen LogP contribution in [-0.2, 0) is 5.41 Å². The zero-order chi connectivity index (χ0) is 20.7. The standard InChI is InChI=1S/C25H35O2P/c1-7-8-9-10-15-27-21-11-13-22(14-12-21)28-24(26)23-18(2)16-20(17-19(23)3)25(4,5)6/h11-14,16-17,28H,7-10,15H2,1-6H3. The molecule has 2 aromatic carbocycles. The van der Waals surface area contributed by atoms with Gasteiger partial charge in [-0.15, -0.1) is 0 Å². The highest BCUT2D eigenvalue weighted by Crippen LogP contribution is 2.30. The van der Waals surface area contributed by atoms with Crippen molar-refractivity contribution in [2.75, 3.05) is 6.61 Å². The van der Waals surface area contributed by atoms with Crippen LogP contribution in [0.2, 0.25) is 0 Å². The molecule has 0 aliphatic heterocycles. The van der Waals surface area contributed by atoms with Crippen molar-refractivity contribution in [2.45, 2.75) is 72.6 Å². The Morgan fingerprint density at radius 1 is 0.964 bits per heavy atom. The summed E-state index contributed by atoms with van der Waals surface area (Å²) in [5.41, 5.74) is 4.61. The third-order valence-electron chi connectivity index (χ3n) is 5.00. The van der Waals surface area contributed by atoms with Crippen LogP contribution in [0.25, 0.3) is 0 Å². The molecule has 3 heteroatoms. The van der Waals surface area contributed by atoms with E-state index in [4.69, 9.17) is 4.74 Å². The molecular formula is C25H35O2P. The fourth-order valence-electron chi connectivity index (χ4n) is 3.30. The molecule has 0 saturated carbocycles. The first-order valence-electron chi connectivity index (χ1n) is 10.4. The summed E-state index contributed by atoms with van der Waals surface area (Å²) in [4.78, 5) is 13.0. The van der Waals surface area contributed by atoms with Crippen molar-refractivity contribution in [3.8, 4) is 5.75 Å². The second kappa shape index (κ2) is 10.2. The van der Waals surface area contributed by atoms with Gasteiger partial charge in [0.25, 0.3) is 0 Å². The highest BCUT2D eigenvalue weighted by Gasteiger charge is 2.19. The predicted octanol–water partition coefficient (Wildman–Crippen LogP) is 6.70. The van der Waals surface area contributed by atoms with Crippen LogP contribution in [0.15, 0.2) is 36.4 Å². The molecule has 0 amide bonds. The van der Waals surface area contributed by atoms with Gasteiger partial charge in [-0.25, -0.2) is 0 Å². The van der Waals surface area contributed by atoms with E-state index >= 15 is 0 Å². The van der Waals surface area contributed by atoms with Crippen LogP contribution < -0.4 is 10.0 Å². The third kappa shape index (κ3) is 6.45. The Bertz CT molecular complexity index is 762. The van der Waals surface area contributed by atoms with Crippen LogP contribution in [0.3, 0.4) is 0 Å². The molecular weight excluding hydrogens is 363 g/mol. The number of hydrogen-bond donors (Lipinski definition) is 0. The van der Waals surface area contributed by atoms with Crippen molar-refractivity contribution in [1.82, 2.24) is 0 Å². The molecule has 2 aromatic rings. The molecule has 0 fully saturated rings. The second-order valence-electron chi connectivity index (χ2n) is 8.62. The van der Waals surface area contributed by atoms with Crippen molar-refractivity contribution < 1.29 is 9.53 Å². The molecule has 0 aliphatic rings. The Morgan fingerprint density at radius 2 is 1.57 bits per heavy atom. The summed E-state index contributed by atoms with van der Waals surface area (Å²) in [6.07, 6.45) is 4.82. The normalized spacial score (nSPS) is 11.9. The van der Waals surface area contributed by atoms with Crippen LogP contribution in [0.1, 0.15) is 80.4 Å². The summed E-state index contributed by atoms with van der Waals surface area (Å²) in [5, 5.41) is 1.06. The maximum absolute atomic E-state index is 13.0. The first kappa shape index (κ1) is 22.6. The van der Waals surface area contributed by atoms with E-state index in [1.165, 1.54) is 24.8 Å². The molecule has 152 valence electrons. The van der Waals surface area contributed by atoms with Gasteiger partial charge in [0.05, 0.1) is 6.61 Å². The second-order valence-corrected chi connectivity index (χ2v) is 9.90. The average Bonchev–Trinajstić information content (AvgIpc) is 2.61. The minimum absolute atomic E-state index is 0.0890. The molecule has 0 aliphatic carbocycles. The lowest BCUT2D eigenvalue weighted by atomic mass is 9.84. The van der Waals surface area contributed by atoms with Crippen LogP contribution >= 0.6 is 8.58 Å². The van der Waals surface area contributed by atoms with Crippen LogP contribution in [0.5, 0.6) is 5.75 Å². The first-order chi connectivity index (χ1) is 13.2. The number of aryl methyl sites for hydroxylation is 2. The van der Waals surface area contributed by atoms with Crippen molar-refractivity contribution in [3.05, 3.63) is 58.7 Å². The van der Waals surface area contributed by atoms with Gasteiger partial charge >= 0.3 is 0 Å². The number of rotatable bonds is 9. The van der Waals surface area contributed by atoms with Crippen LogP contribution in [0, 0.1) is 13.8 Å². The SMILES string of the molecule is CCCCCCOc1ccc(PC(=O)c2c(C)cc(C(C)(C)C)cc2C)cc1. The lowest BCUT2D eigenvalue weighted by molar-refractivity contribution is 0.108. The van der Waals surface area contributed by atoms with Gasteiger partial charge in [0.15, 0.2) is 5.52 Å². The number of unbranched alkanes of at least 4 members (excludes halogenated alkanes) is 3. The third-order valence-corrected chi connectivity index (χ3v) is 6.10. The molecule has 1 unspecified atom stereocenters. The minimum atomic E-state index is 0.0890. The van der Waals surface area contributed by atoms with Crippen molar-refractivity contribution in [1.29, 1.82) is 0 Å². The van der Waals surface area contributed by atoms with E-state index < -0.39 is 0 Å². The molecule has 1 atom stereocenters. The smallest absolute Gasteiger partial charge is 0.186 e. The Morgan fingerprint density at radius 3 is 2.11 bits per heavy atom. The summed E-state index contributed by atoms with van der Waals surface area (Å²) in [6.45, 7) is 13.7. The van der Waals surface area contributed by atoms with E-state index in [1.807, 2.05) is 24.3 Å². The first-order valence-corrected chi connectivity index (χ1v) is 11.4. The van der Waals surface area contributed by atoms with Crippen molar-refractivity contribution >= 4 is 19.4 Å². The maximum atomic E-state index is 13.0. The van der Waals surface area contributed by atoms with Crippen molar-refractivity contribution in [3.63, 3.8) is 0 Å². The summed E-state index contributed by atoms with van der Waals surface area (Å²) < 4.78 is 5.80. The molecule has 0 radical (unpaired) electrons.